The molecular weight excluding hydrogens is 269 g/mol. The first-order valence-electron chi connectivity index (χ1n) is 5.52. The van der Waals surface area contributed by atoms with Crippen LogP contribution in [0.3, 0.4) is 0 Å². The lowest BCUT2D eigenvalue weighted by Gasteiger charge is -2.06. The Kier molecular flexibility index (Phi) is 4.02. The highest BCUT2D eigenvalue weighted by atomic mass is 35.5. The number of anilines is 1. The molecule has 0 amide bonds. The summed E-state index contributed by atoms with van der Waals surface area (Å²) in [6.07, 6.45) is 0. The molecule has 0 aliphatic heterocycles. The van der Waals surface area contributed by atoms with Crippen molar-refractivity contribution in [3.05, 3.63) is 64.4 Å². The van der Waals surface area contributed by atoms with Gasteiger partial charge in [0.2, 0.25) is 0 Å². The van der Waals surface area contributed by atoms with Gasteiger partial charge in [-0.2, -0.15) is 0 Å². The van der Waals surface area contributed by atoms with E-state index in [2.05, 4.69) is 0 Å². The Bertz CT molecular complexity index is 579. The Morgan fingerprint density at radius 2 is 1.89 bits per heavy atom. The molecule has 0 bridgehead atoms. The Morgan fingerprint density at radius 3 is 2.53 bits per heavy atom. The second-order valence-electron chi connectivity index (χ2n) is 3.98. The van der Waals surface area contributed by atoms with Crippen molar-refractivity contribution in [1.29, 1.82) is 0 Å². The molecule has 0 heterocycles. The van der Waals surface area contributed by atoms with E-state index >= 15 is 0 Å². The van der Waals surface area contributed by atoms with Gasteiger partial charge in [0.25, 0.3) is 0 Å². The van der Waals surface area contributed by atoms with Crippen molar-refractivity contribution in [3.8, 4) is 0 Å². The second kappa shape index (κ2) is 5.71. The molecule has 0 atom stereocenters. The van der Waals surface area contributed by atoms with Gasteiger partial charge in [0.1, 0.15) is 12.4 Å². The molecule has 0 aromatic heterocycles. The van der Waals surface area contributed by atoms with Crippen molar-refractivity contribution < 1.29 is 13.9 Å². The highest BCUT2D eigenvalue weighted by Gasteiger charge is 2.09. The maximum absolute atomic E-state index is 13.1. The van der Waals surface area contributed by atoms with Gasteiger partial charge in [0.15, 0.2) is 0 Å². The molecule has 0 spiro atoms. The summed E-state index contributed by atoms with van der Waals surface area (Å²) in [4.78, 5) is 11.7. The number of nitrogens with two attached hydrogens (primary N) is 1. The Hall–Kier alpha value is -2.07. The first-order valence-corrected chi connectivity index (χ1v) is 5.90. The van der Waals surface area contributed by atoms with Crippen LogP contribution in [0.25, 0.3) is 0 Å². The van der Waals surface area contributed by atoms with Crippen LogP contribution in [0.2, 0.25) is 5.02 Å². The predicted octanol–water partition coefficient (Wildman–Crippen LogP) is 3.42. The number of esters is 1. The molecule has 0 saturated heterocycles. The lowest BCUT2D eigenvalue weighted by Crippen LogP contribution is -2.06. The Balaban J connectivity index is 2.03. The summed E-state index contributed by atoms with van der Waals surface area (Å²) >= 11 is 5.74. The molecule has 0 radical (unpaired) electrons. The van der Waals surface area contributed by atoms with Crippen LogP contribution in [0.15, 0.2) is 42.5 Å². The molecule has 0 aliphatic carbocycles. The van der Waals surface area contributed by atoms with Crippen LogP contribution in [-0.2, 0) is 11.3 Å². The van der Waals surface area contributed by atoms with Crippen molar-refractivity contribution in [2.45, 2.75) is 6.61 Å². The summed E-state index contributed by atoms with van der Waals surface area (Å²) in [5.74, 6) is -1.19. The maximum Gasteiger partial charge on any atom is 0.338 e. The summed E-state index contributed by atoms with van der Waals surface area (Å²) in [6, 6.07) is 10.5. The van der Waals surface area contributed by atoms with Crippen molar-refractivity contribution in [3.63, 3.8) is 0 Å². The number of halogens is 2. The van der Waals surface area contributed by atoms with Gasteiger partial charge in [-0.25, -0.2) is 9.18 Å². The molecule has 2 rings (SSSR count). The van der Waals surface area contributed by atoms with Crippen LogP contribution >= 0.6 is 11.6 Å². The molecule has 0 aliphatic rings. The monoisotopic (exact) mass is 279 g/mol. The first-order chi connectivity index (χ1) is 9.04. The summed E-state index contributed by atoms with van der Waals surface area (Å²) in [5.41, 5.74) is 6.52. The standard InChI is InChI=1S/C14H11ClFNO2/c15-11-3-1-9(2-4-11)8-19-14(18)10-5-12(16)7-13(17)6-10/h1-7H,8,17H2. The highest BCUT2D eigenvalue weighted by molar-refractivity contribution is 6.30. The summed E-state index contributed by atoms with van der Waals surface area (Å²) in [7, 11) is 0. The fourth-order valence-corrected chi connectivity index (χ4v) is 1.67. The molecule has 2 aromatic rings. The van der Waals surface area contributed by atoms with Crippen molar-refractivity contribution in [2.24, 2.45) is 0 Å². The Labute approximate surface area is 114 Å². The zero-order valence-electron chi connectivity index (χ0n) is 9.90. The summed E-state index contributed by atoms with van der Waals surface area (Å²) < 4.78 is 18.2. The smallest absolute Gasteiger partial charge is 0.338 e. The molecule has 0 fully saturated rings. The van der Waals surface area contributed by atoms with Crippen LogP contribution in [0.5, 0.6) is 0 Å². The average Bonchev–Trinajstić information content (AvgIpc) is 2.36. The van der Waals surface area contributed by atoms with Gasteiger partial charge in [0, 0.05) is 10.7 Å². The second-order valence-corrected chi connectivity index (χ2v) is 4.41. The van der Waals surface area contributed by atoms with Crippen molar-refractivity contribution in [2.75, 3.05) is 5.73 Å². The van der Waals surface area contributed by atoms with Gasteiger partial charge >= 0.3 is 5.97 Å². The van der Waals surface area contributed by atoms with Gasteiger partial charge in [0.05, 0.1) is 5.56 Å². The number of hydrogen-bond donors (Lipinski definition) is 1. The zero-order valence-corrected chi connectivity index (χ0v) is 10.7. The molecule has 19 heavy (non-hydrogen) atoms. The van der Waals surface area contributed by atoms with E-state index in [9.17, 15) is 9.18 Å². The van der Waals surface area contributed by atoms with Crippen molar-refractivity contribution >= 4 is 23.3 Å². The zero-order chi connectivity index (χ0) is 13.8. The quantitative estimate of drug-likeness (QED) is 0.692. The van der Waals surface area contributed by atoms with E-state index in [1.807, 2.05) is 0 Å². The van der Waals surface area contributed by atoms with Crippen LogP contribution in [0, 0.1) is 5.82 Å². The van der Waals surface area contributed by atoms with Gasteiger partial charge < -0.3 is 10.5 Å². The third-order valence-electron chi connectivity index (χ3n) is 2.44. The lowest BCUT2D eigenvalue weighted by molar-refractivity contribution is 0.0472. The molecule has 2 N–H and O–H groups in total. The molecule has 0 saturated carbocycles. The van der Waals surface area contributed by atoms with Gasteiger partial charge in [-0.1, -0.05) is 23.7 Å². The molecule has 3 nitrogen and oxygen atoms in total. The summed E-state index contributed by atoms with van der Waals surface area (Å²) in [6.45, 7) is 0.0897. The van der Waals surface area contributed by atoms with Gasteiger partial charge in [-0.3, -0.25) is 0 Å². The number of hydrogen-bond acceptors (Lipinski definition) is 3. The van der Waals surface area contributed by atoms with Crippen LogP contribution in [0.4, 0.5) is 10.1 Å². The number of carbonyl (C=O) groups is 1. The number of rotatable bonds is 3. The van der Waals surface area contributed by atoms with Gasteiger partial charge in [-0.15, -0.1) is 0 Å². The number of benzene rings is 2. The van der Waals surface area contributed by atoms with E-state index in [-0.39, 0.29) is 17.9 Å². The van der Waals surface area contributed by atoms with E-state index in [0.29, 0.717) is 5.02 Å². The molecule has 5 heteroatoms. The van der Waals surface area contributed by atoms with E-state index in [4.69, 9.17) is 22.1 Å². The fourth-order valence-electron chi connectivity index (χ4n) is 1.54. The topological polar surface area (TPSA) is 52.3 Å². The van der Waals surface area contributed by atoms with E-state index in [1.54, 1.807) is 24.3 Å². The van der Waals surface area contributed by atoms with Crippen LogP contribution < -0.4 is 5.73 Å². The maximum atomic E-state index is 13.1. The third-order valence-corrected chi connectivity index (χ3v) is 2.69. The van der Waals surface area contributed by atoms with Crippen molar-refractivity contribution in [1.82, 2.24) is 0 Å². The Morgan fingerprint density at radius 1 is 1.21 bits per heavy atom. The average molecular weight is 280 g/mol. The van der Waals surface area contributed by atoms with Crippen LogP contribution in [0.1, 0.15) is 15.9 Å². The third kappa shape index (κ3) is 3.69. The lowest BCUT2D eigenvalue weighted by atomic mass is 10.2. The molecule has 0 unspecified atom stereocenters. The SMILES string of the molecule is Nc1cc(F)cc(C(=O)OCc2ccc(Cl)cc2)c1. The van der Waals surface area contributed by atoms with E-state index in [1.165, 1.54) is 6.07 Å². The number of carbonyl (C=O) groups excluding carboxylic acids is 1. The minimum absolute atomic E-state index is 0.0893. The number of ether oxygens (including phenoxy) is 1. The minimum atomic E-state index is -0.624. The van der Waals surface area contributed by atoms with Gasteiger partial charge in [-0.05, 0) is 35.9 Å². The molecular formula is C14H11ClFNO2. The molecule has 98 valence electrons. The summed E-state index contributed by atoms with van der Waals surface area (Å²) in [5, 5.41) is 0.605. The predicted molar refractivity (Wildman–Crippen MR) is 71.4 cm³/mol. The fraction of sp³-hybridized carbons (Fsp3) is 0.0714. The highest BCUT2D eigenvalue weighted by Crippen LogP contribution is 2.14. The van der Waals surface area contributed by atoms with E-state index < -0.39 is 11.8 Å². The largest absolute Gasteiger partial charge is 0.457 e. The van der Waals surface area contributed by atoms with E-state index in [0.717, 1.165) is 17.7 Å². The molecule has 2 aromatic carbocycles. The first kappa shape index (κ1) is 13.4. The normalized spacial score (nSPS) is 10.2. The minimum Gasteiger partial charge on any atom is -0.457 e. The number of nitrogen functional groups attached to an aromatic ring is 1. The van der Waals surface area contributed by atoms with Crippen LogP contribution in [-0.4, -0.2) is 5.97 Å².